The van der Waals surface area contributed by atoms with Crippen LogP contribution in [0.3, 0.4) is 0 Å². The number of nitrogens with two attached hydrogens (primary N) is 2. The van der Waals surface area contributed by atoms with Gasteiger partial charge in [-0.1, -0.05) is 24.3 Å². The van der Waals surface area contributed by atoms with E-state index in [2.05, 4.69) is 6.07 Å². The van der Waals surface area contributed by atoms with E-state index in [4.69, 9.17) is 21.5 Å². The summed E-state index contributed by atoms with van der Waals surface area (Å²) in [6.45, 7) is 3.42. The molecule has 0 aromatic heterocycles. The monoisotopic (exact) mass is 389 g/mol. The molecular weight excluding hydrogens is 366 g/mol. The summed E-state index contributed by atoms with van der Waals surface area (Å²) in [5.74, 6) is 1.04. The summed E-state index contributed by atoms with van der Waals surface area (Å²) in [6.07, 6.45) is 0. The molecule has 6 nitrogen and oxygen atoms in total. The average molecular weight is 389 g/mol. The van der Waals surface area contributed by atoms with Gasteiger partial charge in [-0.05, 0) is 48.2 Å². The topological polar surface area (TPSA) is 126 Å². The van der Waals surface area contributed by atoms with Crippen LogP contribution in [0.5, 0.6) is 11.5 Å². The van der Waals surface area contributed by atoms with Gasteiger partial charge in [-0.15, -0.1) is 0 Å². The van der Waals surface area contributed by atoms with Crippen molar-refractivity contribution >= 4 is 11.4 Å². The fourth-order valence-corrected chi connectivity index (χ4v) is 3.43. The lowest BCUT2D eigenvalue weighted by Crippen LogP contribution is -2.05. The number of anilines is 2. The largest absolute Gasteiger partial charge is 0.456 e. The van der Waals surface area contributed by atoms with Crippen LogP contribution in [0, 0.1) is 25.2 Å². The number of hydrogen-bond acceptors (Lipinski definition) is 6. The number of aryl methyl sites for hydroxylation is 2. The van der Waals surface area contributed by atoms with Gasteiger partial charge in [-0.3, -0.25) is 0 Å². The van der Waals surface area contributed by atoms with Gasteiger partial charge in [0.2, 0.25) is 0 Å². The summed E-state index contributed by atoms with van der Waals surface area (Å²) in [6, 6.07) is 14.3. The summed E-state index contributed by atoms with van der Waals surface area (Å²) in [5.41, 5.74) is 17.9. The van der Waals surface area contributed by atoms with E-state index < -0.39 is 0 Å². The minimum Gasteiger partial charge on any atom is -0.456 e. The van der Waals surface area contributed by atoms with E-state index in [1.54, 1.807) is 30.3 Å². The third-order valence-corrected chi connectivity index (χ3v) is 4.84. The maximum Gasteiger partial charge on any atom is 0.135 e. The van der Waals surface area contributed by atoms with Gasteiger partial charge in [0.1, 0.15) is 11.5 Å². The van der Waals surface area contributed by atoms with Crippen molar-refractivity contribution in [2.75, 3.05) is 11.5 Å². The first kappa shape index (κ1) is 20.2. The van der Waals surface area contributed by atoms with Crippen molar-refractivity contribution in [2.24, 2.45) is 0 Å². The number of nitriles is 1. The number of ether oxygens (including phenoxy) is 1. The fourth-order valence-electron chi connectivity index (χ4n) is 3.43. The Hall–Kier alpha value is -3.53. The Bertz CT molecular complexity index is 1080. The van der Waals surface area contributed by atoms with Crippen LogP contribution >= 0.6 is 0 Å². The Labute approximate surface area is 169 Å². The van der Waals surface area contributed by atoms with Crippen molar-refractivity contribution < 1.29 is 14.9 Å². The number of nitrogens with zero attached hydrogens (tertiary/aromatic N) is 1. The smallest absolute Gasteiger partial charge is 0.135 e. The molecule has 0 spiro atoms. The Morgan fingerprint density at radius 2 is 1.59 bits per heavy atom. The zero-order valence-electron chi connectivity index (χ0n) is 16.4. The molecule has 0 bridgehead atoms. The van der Waals surface area contributed by atoms with Gasteiger partial charge in [0.05, 0.1) is 36.2 Å². The van der Waals surface area contributed by atoms with E-state index in [1.165, 1.54) is 0 Å². The summed E-state index contributed by atoms with van der Waals surface area (Å²) in [7, 11) is 0. The number of hydrogen-bond donors (Lipinski definition) is 4. The van der Waals surface area contributed by atoms with Crippen LogP contribution in [0.15, 0.2) is 42.5 Å². The second kappa shape index (κ2) is 8.23. The first-order valence-electron chi connectivity index (χ1n) is 9.10. The molecule has 0 aliphatic heterocycles. The van der Waals surface area contributed by atoms with Crippen LogP contribution in [0.1, 0.15) is 27.8 Å². The summed E-state index contributed by atoms with van der Waals surface area (Å²) in [5, 5.41) is 28.5. The quantitative estimate of drug-likeness (QED) is 0.492. The molecule has 3 rings (SSSR count). The predicted molar refractivity (Wildman–Crippen MR) is 113 cm³/mol. The standard InChI is InChI=1S/C23H23N3O3/c1-13-7-16(11-27)8-14(2)23(13)29-20-9-19(25)22(26)21(18(20)12-28)17-5-3-15(10-24)4-6-17/h3-9,27-28H,11-12,25-26H2,1-2H3. The number of aliphatic hydroxyl groups is 2. The first-order chi connectivity index (χ1) is 13.9. The van der Waals surface area contributed by atoms with Crippen LogP contribution < -0.4 is 16.2 Å². The molecule has 0 saturated carbocycles. The summed E-state index contributed by atoms with van der Waals surface area (Å²) in [4.78, 5) is 0. The summed E-state index contributed by atoms with van der Waals surface area (Å²) < 4.78 is 6.17. The third kappa shape index (κ3) is 3.87. The molecule has 0 aliphatic carbocycles. The van der Waals surface area contributed by atoms with Crippen molar-refractivity contribution in [1.82, 2.24) is 0 Å². The normalized spacial score (nSPS) is 10.6. The van der Waals surface area contributed by atoms with E-state index in [0.29, 0.717) is 39.6 Å². The van der Waals surface area contributed by atoms with Crippen LogP contribution in [-0.2, 0) is 13.2 Å². The van der Waals surface area contributed by atoms with Gasteiger partial charge in [-0.2, -0.15) is 5.26 Å². The highest BCUT2D eigenvalue weighted by Crippen LogP contribution is 2.42. The molecule has 6 N–H and O–H groups in total. The molecule has 0 heterocycles. The first-order valence-corrected chi connectivity index (χ1v) is 9.10. The Morgan fingerprint density at radius 1 is 0.966 bits per heavy atom. The maximum absolute atomic E-state index is 10.1. The summed E-state index contributed by atoms with van der Waals surface area (Å²) >= 11 is 0. The van der Waals surface area contributed by atoms with Gasteiger partial charge in [0.15, 0.2) is 0 Å². The van der Waals surface area contributed by atoms with Gasteiger partial charge in [0, 0.05) is 17.2 Å². The van der Waals surface area contributed by atoms with E-state index >= 15 is 0 Å². The molecule has 0 amide bonds. The number of benzene rings is 3. The van der Waals surface area contributed by atoms with Crippen LogP contribution in [0.2, 0.25) is 0 Å². The highest BCUT2D eigenvalue weighted by molar-refractivity contribution is 5.89. The van der Waals surface area contributed by atoms with Crippen LogP contribution in [0.4, 0.5) is 11.4 Å². The molecule has 3 aromatic carbocycles. The number of rotatable bonds is 5. The predicted octanol–water partition coefficient (Wildman–Crippen LogP) is 3.78. The molecule has 0 radical (unpaired) electrons. The second-order valence-corrected chi connectivity index (χ2v) is 6.90. The SMILES string of the molecule is Cc1cc(CO)cc(C)c1Oc1cc(N)c(N)c(-c2ccc(C#N)cc2)c1CO. The molecule has 6 heteroatoms. The molecule has 0 fully saturated rings. The van der Waals surface area contributed by atoms with Gasteiger partial charge >= 0.3 is 0 Å². The lowest BCUT2D eigenvalue weighted by atomic mass is 9.95. The lowest BCUT2D eigenvalue weighted by Gasteiger charge is -2.20. The van der Waals surface area contributed by atoms with Crippen molar-refractivity contribution in [3.05, 3.63) is 70.3 Å². The maximum atomic E-state index is 10.1. The van der Waals surface area contributed by atoms with Gasteiger partial charge < -0.3 is 26.4 Å². The van der Waals surface area contributed by atoms with E-state index in [-0.39, 0.29) is 13.2 Å². The number of aliphatic hydroxyl groups excluding tert-OH is 2. The van der Waals surface area contributed by atoms with E-state index in [0.717, 1.165) is 22.3 Å². The fraction of sp³-hybridized carbons (Fsp3) is 0.174. The lowest BCUT2D eigenvalue weighted by molar-refractivity contribution is 0.277. The van der Waals surface area contributed by atoms with Crippen molar-refractivity contribution in [3.63, 3.8) is 0 Å². The van der Waals surface area contributed by atoms with Crippen molar-refractivity contribution in [3.8, 4) is 28.7 Å². The molecule has 0 aliphatic rings. The average Bonchev–Trinajstić information content (AvgIpc) is 2.72. The minimum absolute atomic E-state index is 0.0541. The molecule has 0 unspecified atom stereocenters. The van der Waals surface area contributed by atoms with Crippen LogP contribution in [0.25, 0.3) is 11.1 Å². The molecule has 0 saturated heterocycles. The molecular formula is C23H23N3O3. The van der Waals surface area contributed by atoms with Crippen LogP contribution in [-0.4, -0.2) is 10.2 Å². The van der Waals surface area contributed by atoms with Gasteiger partial charge in [0.25, 0.3) is 0 Å². The van der Waals surface area contributed by atoms with Gasteiger partial charge in [-0.25, -0.2) is 0 Å². The Morgan fingerprint density at radius 3 is 2.10 bits per heavy atom. The third-order valence-electron chi connectivity index (χ3n) is 4.84. The highest BCUT2D eigenvalue weighted by atomic mass is 16.5. The second-order valence-electron chi connectivity index (χ2n) is 6.90. The molecule has 148 valence electrons. The Kier molecular flexibility index (Phi) is 5.74. The molecule has 0 atom stereocenters. The Balaban J connectivity index is 2.16. The van der Waals surface area contributed by atoms with Crippen molar-refractivity contribution in [2.45, 2.75) is 27.1 Å². The molecule has 29 heavy (non-hydrogen) atoms. The highest BCUT2D eigenvalue weighted by Gasteiger charge is 2.19. The minimum atomic E-state index is -0.304. The number of nitrogen functional groups attached to an aromatic ring is 2. The zero-order chi connectivity index (χ0) is 21.1. The zero-order valence-corrected chi connectivity index (χ0v) is 16.4. The van der Waals surface area contributed by atoms with E-state index in [1.807, 2.05) is 26.0 Å². The van der Waals surface area contributed by atoms with E-state index in [9.17, 15) is 10.2 Å². The van der Waals surface area contributed by atoms with Crippen molar-refractivity contribution in [1.29, 1.82) is 5.26 Å². The molecule has 3 aromatic rings.